The van der Waals surface area contributed by atoms with E-state index in [0.717, 1.165) is 27.3 Å². The van der Waals surface area contributed by atoms with Crippen LogP contribution in [0.1, 0.15) is 16.7 Å². The zero-order chi connectivity index (χ0) is 15.7. The summed E-state index contributed by atoms with van der Waals surface area (Å²) in [6.45, 7) is 4.50. The third kappa shape index (κ3) is 2.80. The van der Waals surface area contributed by atoms with Gasteiger partial charge >= 0.3 is 0 Å². The van der Waals surface area contributed by atoms with E-state index < -0.39 is 0 Å². The van der Waals surface area contributed by atoms with E-state index in [1.54, 1.807) is 17.4 Å². The van der Waals surface area contributed by atoms with Gasteiger partial charge in [0.1, 0.15) is 11.4 Å². The van der Waals surface area contributed by atoms with Gasteiger partial charge in [0.25, 0.3) is 5.56 Å². The molecule has 0 aliphatic heterocycles. The predicted molar refractivity (Wildman–Crippen MR) is 91.2 cm³/mol. The average molecular weight is 311 g/mol. The first kappa shape index (κ1) is 14.5. The van der Waals surface area contributed by atoms with Crippen LogP contribution in [0.25, 0.3) is 10.6 Å². The number of thiophene rings is 1. The van der Waals surface area contributed by atoms with Gasteiger partial charge in [-0.05, 0) is 42.5 Å². The number of nitrogens with two attached hydrogens (primary N) is 1. The fraction of sp³-hybridized carbons (Fsp3) is 0.176. The van der Waals surface area contributed by atoms with Crippen molar-refractivity contribution >= 4 is 17.0 Å². The number of anilines is 1. The summed E-state index contributed by atoms with van der Waals surface area (Å²) in [4.78, 5) is 13.3. The first-order valence-corrected chi connectivity index (χ1v) is 7.90. The van der Waals surface area contributed by atoms with Crippen LogP contribution in [0.15, 0.2) is 46.6 Å². The molecule has 0 unspecified atom stereocenters. The number of hydrogen-bond donors (Lipinski definition) is 1. The van der Waals surface area contributed by atoms with Crippen molar-refractivity contribution in [2.24, 2.45) is 0 Å². The highest BCUT2D eigenvalue weighted by molar-refractivity contribution is 7.13. The zero-order valence-corrected chi connectivity index (χ0v) is 13.4. The van der Waals surface area contributed by atoms with Gasteiger partial charge in [0, 0.05) is 0 Å². The Bertz CT molecular complexity index is 866. The minimum absolute atomic E-state index is 0.226. The molecule has 2 aromatic heterocycles. The molecule has 3 rings (SSSR count). The first-order chi connectivity index (χ1) is 10.5. The highest BCUT2D eigenvalue weighted by atomic mass is 32.1. The summed E-state index contributed by atoms with van der Waals surface area (Å²) in [6, 6.07) is 11.8. The lowest BCUT2D eigenvalue weighted by molar-refractivity contribution is 0.643. The number of aryl methyl sites for hydroxylation is 2. The monoisotopic (exact) mass is 311 g/mol. The van der Waals surface area contributed by atoms with Crippen molar-refractivity contribution < 1.29 is 0 Å². The van der Waals surface area contributed by atoms with Crippen molar-refractivity contribution in [2.75, 3.05) is 5.73 Å². The molecule has 1 aromatic carbocycles. The second kappa shape index (κ2) is 5.77. The summed E-state index contributed by atoms with van der Waals surface area (Å²) in [7, 11) is 0. The Labute approximate surface area is 132 Å². The van der Waals surface area contributed by atoms with Gasteiger partial charge in [0.2, 0.25) is 0 Å². The van der Waals surface area contributed by atoms with Gasteiger partial charge in [-0.2, -0.15) is 5.10 Å². The molecule has 5 heteroatoms. The molecular formula is C17H17N3OS. The van der Waals surface area contributed by atoms with Gasteiger partial charge < -0.3 is 5.73 Å². The minimum atomic E-state index is -0.249. The summed E-state index contributed by atoms with van der Waals surface area (Å²) in [6.07, 6.45) is 0. The van der Waals surface area contributed by atoms with Crippen LogP contribution in [0.5, 0.6) is 0 Å². The Morgan fingerprint density at radius 1 is 1.23 bits per heavy atom. The summed E-state index contributed by atoms with van der Waals surface area (Å²) < 4.78 is 1.45. The number of aromatic nitrogens is 2. The largest absolute Gasteiger partial charge is 0.394 e. The van der Waals surface area contributed by atoms with Crippen LogP contribution >= 0.6 is 11.3 Å². The molecule has 22 heavy (non-hydrogen) atoms. The van der Waals surface area contributed by atoms with Crippen LogP contribution in [0, 0.1) is 13.8 Å². The van der Waals surface area contributed by atoms with Crippen molar-refractivity contribution in [3.8, 4) is 10.6 Å². The maximum Gasteiger partial charge on any atom is 0.290 e. The van der Waals surface area contributed by atoms with Crippen molar-refractivity contribution in [3.63, 3.8) is 0 Å². The molecule has 0 atom stereocenters. The van der Waals surface area contributed by atoms with E-state index >= 15 is 0 Å². The molecular weight excluding hydrogens is 294 g/mol. The lowest BCUT2D eigenvalue weighted by Gasteiger charge is -2.11. The third-order valence-corrected chi connectivity index (χ3v) is 4.49. The highest BCUT2D eigenvalue weighted by Crippen LogP contribution is 2.23. The third-order valence-electron chi connectivity index (χ3n) is 3.60. The van der Waals surface area contributed by atoms with E-state index in [1.807, 2.05) is 31.4 Å². The Balaban J connectivity index is 2.07. The molecule has 112 valence electrons. The van der Waals surface area contributed by atoms with Crippen LogP contribution in [0.3, 0.4) is 0 Å². The molecule has 0 fully saturated rings. The van der Waals surface area contributed by atoms with Gasteiger partial charge in [-0.1, -0.05) is 29.8 Å². The van der Waals surface area contributed by atoms with E-state index in [9.17, 15) is 4.79 Å². The lowest BCUT2D eigenvalue weighted by Crippen LogP contribution is -2.26. The SMILES string of the molecule is Cc1ccc(C)c(Cn2nc(-c3cccs3)cc(N)c2=O)c1. The Kier molecular flexibility index (Phi) is 3.81. The molecule has 0 saturated heterocycles. The van der Waals surface area contributed by atoms with Crippen molar-refractivity contribution in [3.05, 3.63) is 68.8 Å². The fourth-order valence-corrected chi connectivity index (χ4v) is 3.03. The second-order valence-electron chi connectivity index (χ2n) is 5.35. The summed E-state index contributed by atoms with van der Waals surface area (Å²) in [5.41, 5.74) is 9.97. The number of nitrogen functional groups attached to an aromatic ring is 1. The van der Waals surface area contributed by atoms with Gasteiger partial charge in [-0.3, -0.25) is 4.79 Å². The van der Waals surface area contributed by atoms with Crippen molar-refractivity contribution in [1.29, 1.82) is 0 Å². The maximum absolute atomic E-state index is 12.3. The van der Waals surface area contributed by atoms with Crippen molar-refractivity contribution in [2.45, 2.75) is 20.4 Å². The van der Waals surface area contributed by atoms with Gasteiger partial charge in [-0.25, -0.2) is 4.68 Å². The smallest absolute Gasteiger partial charge is 0.290 e. The molecule has 2 N–H and O–H groups in total. The molecule has 0 aliphatic carbocycles. The molecule has 0 bridgehead atoms. The van der Waals surface area contributed by atoms with E-state index in [1.165, 1.54) is 4.68 Å². The topological polar surface area (TPSA) is 60.9 Å². The van der Waals surface area contributed by atoms with Gasteiger partial charge in [0.05, 0.1) is 11.4 Å². The summed E-state index contributed by atoms with van der Waals surface area (Å²) in [5.74, 6) is 0. The van der Waals surface area contributed by atoms with Crippen LogP contribution in [0.2, 0.25) is 0 Å². The number of hydrogen-bond acceptors (Lipinski definition) is 4. The number of benzene rings is 1. The van der Waals surface area contributed by atoms with Crippen LogP contribution < -0.4 is 11.3 Å². The molecule has 0 amide bonds. The van der Waals surface area contributed by atoms with Gasteiger partial charge in [-0.15, -0.1) is 11.3 Å². The Morgan fingerprint density at radius 2 is 2.05 bits per heavy atom. The Hall–Kier alpha value is -2.40. The van der Waals surface area contributed by atoms with Crippen molar-refractivity contribution in [1.82, 2.24) is 9.78 Å². The van der Waals surface area contributed by atoms with E-state index in [-0.39, 0.29) is 11.2 Å². The second-order valence-corrected chi connectivity index (χ2v) is 6.30. The van der Waals surface area contributed by atoms with E-state index in [4.69, 9.17) is 5.73 Å². The maximum atomic E-state index is 12.3. The van der Waals surface area contributed by atoms with Crippen LogP contribution in [-0.2, 0) is 6.54 Å². The number of nitrogens with zero attached hydrogens (tertiary/aromatic N) is 2. The van der Waals surface area contributed by atoms with E-state index in [0.29, 0.717) is 6.54 Å². The first-order valence-electron chi connectivity index (χ1n) is 7.02. The molecule has 4 nitrogen and oxygen atoms in total. The molecule has 0 spiro atoms. The van der Waals surface area contributed by atoms with E-state index in [2.05, 4.69) is 23.3 Å². The zero-order valence-electron chi connectivity index (χ0n) is 12.5. The summed E-state index contributed by atoms with van der Waals surface area (Å²) >= 11 is 1.58. The standard InChI is InChI=1S/C17H17N3OS/c1-11-5-6-12(2)13(8-11)10-20-17(21)14(18)9-15(19-20)16-4-3-7-22-16/h3-9H,10,18H2,1-2H3. The number of rotatable bonds is 3. The van der Waals surface area contributed by atoms with Gasteiger partial charge in [0.15, 0.2) is 0 Å². The lowest BCUT2D eigenvalue weighted by atomic mass is 10.1. The minimum Gasteiger partial charge on any atom is -0.394 e. The normalized spacial score (nSPS) is 10.8. The fourth-order valence-electron chi connectivity index (χ4n) is 2.35. The molecule has 0 saturated carbocycles. The Morgan fingerprint density at radius 3 is 2.77 bits per heavy atom. The van der Waals surface area contributed by atoms with Crippen LogP contribution in [0.4, 0.5) is 5.69 Å². The highest BCUT2D eigenvalue weighted by Gasteiger charge is 2.10. The quantitative estimate of drug-likeness (QED) is 0.808. The summed E-state index contributed by atoms with van der Waals surface area (Å²) in [5, 5.41) is 6.46. The molecule has 2 heterocycles. The predicted octanol–water partition coefficient (Wildman–Crippen LogP) is 3.22. The molecule has 3 aromatic rings. The van der Waals surface area contributed by atoms with Crippen LogP contribution in [-0.4, -0.2) is 9.78 Å². The molecule has 0 aliphatic rings. The molecule has 0 radical (unpaired) electrons. The average Bonchev–Trinajstić information content (AvgIpc) is 3.01.